The Morgan fingerprint density at radius 3 is 2.34 bits per heavy atom. The molecule has 0 atom stereocenters. The van der Waals surface area contributed by atoms with Gasteiger partial charge in [0.1, 0.15) is 11.6 Å². The first-order chi connectivity index (χ1) is 15.3. The fraction of sp³-hybridized carbons (Fsp3) is 0.160. The number of aromatic carboxylic acids is 1. The smallest absolute Gasteiger partial charge is 0.335 e. The maximum Gasteiger partial charge on any atom is 0.335 e. The highest BCUT2D eigenvalue weighted by Gasteiger charge is 2.15. The van der Waals surface area contributed by atoms with Crippen molar-refractivity contribution in [3.63, 3.8) is 0 Å². The SMILES string of the molecule is Cc1cc(OC(=O)CCn2c(-c3ccc(C(=O)O)cc3)nc3ccccc32)cc(C)c1Cl. The number of hydrogen-bond donors (Lipinski definition) is 1. The number of aryl methyl sites for hydroxylation is 3. The Balaban J connectivity index is 1.59. The average Bonchev–Trinajstić information content (AvgIpc) is 3.14. The van der Waals surface area contributed by atoms with Crippen molar-refractivity contribution in [3.8, 4) is 17.1 Å². The van der Waals surface area contributed by atoms with Crippen molar-refractivity contribution in [1.82, 2.24) is 9.55 Å². The van der Waals surface area contributed by atoms with Gasteiger partial charge in [-0.15, -0.1) is 0 Å². The van der Waals surface area contributed by atoms with Gasteiger partial charge in [0.2, 0.25) is 0 Å². The van der Waals surface area contributed by atoms with E-state index in [1.165, 1.54) is 0 Å². The molecule has 0 spiro atoms. The number of nitrogens with zero attached hydrogens (tertiary/aromatic N) is 2. The van der Waals surface area contributed by atoms with Crippen LogP contribution in [0.4, 0.5) is 0 Å². The van der Waals surface area contributed by atoms with Crippen molar-refractivity contribution in [1.29, 1.82) is 0 Å². The molecule has 0 aliphatic rings. The van der Waals surface area contributed by atoms with E-state index in [9.17, 15) is 9.59 Å². The summed E-state index contributed by atoms with van der Waals surface area (Å²) in [4.78, 5) is 28.4. The molecule has 0 saturated carbocycles. The van der Waals surface area contributed by atoms with E-state index >= 15 is 0 Å². The number of carbonyl (C=O) groups is 2. The average molecular weight is 449 g/mol. The van der Waals surface area contributed by atoms with Crippen molar-refractivity contribution in [3.05, 3.63) is 82.4 Å². The highest BCUT2D eigenvalue weighted by molar-refractivity contribution is 6.32. The maximum absolute atomic E-state index is 12.6. The van der Waals surface area contributed by atoms with Gasteiger partial charge < -0.3 is 14.4 Å². The van der Waals surface area contributed by atoms with Crippen molar-refractivity contribution < 1.29 is 19.4 Å². The number of aromatic nitrogens is 2. The van der Waals surface area contributed by atoms with Gasteiger partial charge in [0.25, 0.3) is 0 Å². The summed E-state index contributed by atoms with van der Waals surface area (Å²) >= 11 is 6.19. The van der Waals surface area contributed by atoms with E-state index in [1.54, 1.807) is 36.4 Å². The van der Waals surface area contributed by atoms with E-state index < -0.39 is 5.97 Å². The van der Waals surface area contributed by atoms with Crippen molar-refractivity contribution in [2.24, 2.45) is 0 Å². The first-order valence-corrected chi connectivity index (χ1v) is 10.5. The molecule has 4 aromatic rings. The zero-order valence-electron chi connectivity index (χ0n) is 17.6. The molecule has 0 unspecified atom stereocenters. The molecule has 4 rings (SSSR count). The summed E-state index contributed by atoms with van der Waals surface area (Å²) in [5.41, 5.74) is 4.35. The van der Waals surface area contributed by atoms with Gasteiger partial charge in [-0.05, 0) is 61.4 Å². The predicted octanol–water partition coefficient (Wildman–Crippen LogP) is 5.67. The van der Waals surface area contributed by atoms with Crippen LogP contribution in [0.1, 0.15) is 27.9 Å². The number of benzene rings is 3. The standard InChI is InChI=1S/C25H21ClN2O4/c1-15-13-19(14-16(2)23(15)26)32-22(29)11-12-28-21-6-4-3-5-20(21)27-24(28)17-7-9-18(10-8-17)25(30)31/h3-10,13-14H,11-12H2,1-2H3,(H,30,31). The number of fused-ring (bicyclic) bond motifs is 1. The molecular weight excluding hydrogens is 428 g/mol. The lowest BCUT2D eigenvalue weighted by atomic mass is 10.1. The van der Waals surface area contributed by atoms with Crippen LogP contribution in [-0.4, -0.2) is 26.6 Å². The van der Waals surface area contributed by atoms with Gasteiger partial charge in [-0.3, -0.25) is 4.79 Å². The second-order valence-electron chi connectivity index (χ2n) is 7.55. The largest absolute Gasteiger partial charge is 0.478 e. The van der Waals surface area contributed by atoms with E-state index in [1.807, 2.05) is 42.7 Å². The molecule has 0 radical (unpaired) electrons. The first kappa shape index (κ1) is 21.6. The summed E-state index contributed by atoms with van der Waals surface area (Å²) in [7, 11) is 0. The van der Waals surface area contributed by atoms with Gasteiger partial charge in [-0.25, -0.2) is 9.78 Å². The minimum atomic E-state index is -0.986. The number of hydrogen-bond acceptors (Lipinski definition) is 4. The Labute approximate surface area is 190 Å². The minimum absolute atomic E-state index is 0.140. The third-order valence-corrected chi connectivity index (χ3v) is 5.82. The van der Waals surface area contributed by atoms with Crippen LogP contribution < -0.4 is 4.74 Å². The van der Waals surface area contributed by atoms with Crippen LogP contribution in [0.2, 0.25) is 5.02 Å². The number of esters is 1. The van der Waals surface area contributed by atoms with Crippen LogP contribution in [0, 0.1) is 13.8 Å². The van der Waals surface area contributed by atoms with Crippen LogP contribution >= 0.6 is 11.6 Å². The predicted molar refractivity (Wildman–Crippen MR) is 123 cm³/mol. The molecule has 0 bridgehead atoms. The molecule has 3 aromatic carbocycles. The Hall–Kier alpha value is -3.64. The van der Waals surface area contributed by atoms with Crippen molar-refractivity contribution in [2.45, 2.75) is 26.8 Å². The molecule has 6 nitrogen and oxygen atoms in total. The van der Waals surface area contributed by atoms with E-state index in [-0.39, 0.29) is 18.0 Å². The summed E-state index contributed by atoms with van der Waals surface area (Å²) in [5, 5.41) is 9.81. The zero-order chi connectivity index (χ0) is 22.8. The van der Waals surface area contributed by atoms with E-state index in [2.05, 4.69) is 0 Å². The van der Waals surface area contributed by atoms with Gasteiger partial charge in [0.15, 0.2) is 0 Å². The lowest BCUT2D eigenvalue weighted by Gasteiger charge is -2.11. The van der Waals surface area contributed by atoms with Crippen LogP contribution in [-0.2, 0) is 11.3 Å². The first-order valence-electron chi connectivity index (χ1n) is 10.1. The Kier molecular flexibility index (Phi) is 5.97. The van der Waals surface area contributed by atoms with Crippen LogP contribution in [0.3, 0.4) is 0 Å². The number of carboxylic acids is 1. The summed E-state index contributed by atoms with van der Waals surface area (Å²) < 4.78 is 7.48. The Morgan fingerprint density at radius 1 is 1.03 bits per heavy atom. The van der Waals surface area contributed by atoms with Gasteiger partial charge in [0.05, 0.1) is 23.0 Å². The van der Waals surface area contributed by atoms with E-state index in [4.69, 9.17) is 26.4 Å². The Morgan fingerprint density at radius 2 is 1.69 bits per heavy atom. The minimum Gasteiger partial charge on any atom is -0.478 e. The molecule has 0 aliphatic heterocycles. The summed E-state index contributed by atoms with van der Waals surface area (Å²) in [6.07, 6.45) is 0.140. The number of ether oxygens (including phenoxy) is 1. The fourth-order valence-electron chi connectivity index (χ4n) is 3.63. The monoisotopic (exact) mass is 448 g/mol. The fourth-order valence-corrected chi connectivity index (χ4v) is 3.74. The third-order valence-electron chi connectivity index (χ3n) is 5.23. The van der Waals surface area contributed by atoms with Gasteiger partial charge >= 0.3 is 11.9 Å². The summed E-state index contributed by atoms with van der Waals surface area (Å²) in [5.74, 6) is -0.222. The van der Waals surface area contributed by atoms with Gasteiger partial charge in [0, 0.05) is 17.1 Å². The molecule has 0 saturated heterocycles. The highest BCUT2D eigenvalue weighted by Crippen LogP contribution is 2.27. The lowest BCUT2D eigenvalue weighted by Crippen LogP contribution is -2.13. The molecule has 0 aliphatic carbocycles. The van der Waals surface area contributed by atoms with Crippen molar-refractivity contribution in [2.75, 3.05) is 0 Å². The van der Waals surface area contributed by atoms with Gasteiger partial charge in [-0.2, -0.15) is 0 Å². The number of carboxylic acid groups (broad SMARTS) is 1. The number of imidazole rings is 1. The van der Waals surface area contributed by atoms with Crippen LogP contribution in [0.25, 0.3) is 22.4 Å². The third kappa shape index (κ3) is 4.36. The molecule has 32 heavy (non-hydrogen) atoms. The summed E-state index contributed by atoms with van der Waals surface area (Å²) in [6.45, 7) is 4.10. The number of rotatable bonds is 6. The molecule has 0 fully saturated rings. The highest BCUT2D eigenvalue weighted by atomic mass is 35.5. The molecule has 7 heteroatoms. The topological polar surface area (TPSA) is 81.4 Å². The second kappa shape index (κ2) is 8.85. The number of para-hydroxylation sites is 2. The number of carbonyl (C=O) groups excluding carboxylic acids is 1. The lowest BCUT2D eigenvalue weighted by molar-refractivity contribution is -0.134. The zero-order valence-corrected chi connectivity index (χ0v) is 18.4. The van der Waals surface area contributed by atoms with E-state index in [0.29, 0.717) is 23.1 Å². The molecule has 1 aromatic heterocycles. The van der Waals surface area contributed by atoms with Crippen LogP contribution in [0.15, 0.2) is 60.7 Å². The molecule has 0 amide bonds. The normalized spacial score (nSPS) is 11.0. The van der Waals surface area contributed by atoms with Crippen molar-refractivity contribution >= 4 is 34.6 Å². The molecule has 1 N–H and O–H groups in total. The molecular formula is C25H21ClN2O4. The molecule has 162 valence electrons. The van der Waals surface area contributed by atoms with Crippen LogP contribution in [0.5, 0.6) is 5.75 Å². The van der Waals surface area contributed by atoms with Gasteiger partial charge in [-0.1, -0.05) is 35.9 Å². The number of halogens is 1. The quantitative estimate of drug-likeness (QED) is 0.303. The second-order valence-corrected chi connectivity index (χ2v) is 7.93. The molecule has 1 heterocycles. The van der Waals surface area contributed by atoms with E-state index in [0.717, 1.165) is 27.7 Å². The Bertz CT molecular complexity index is 1300. The maximum atomic E-state index is 12.6. The summed E-state index contributed by atoms with van der Waals surface area (Å²) in [6, 6.07) is 17.7.